The molecule has 0 spiro atoms. The summed E-state index contributed by atoms with van der Waals surface area (Å²) in [6, 6.07) is 13.3. The van der Waals surface area contributed by atoms with E-state index in [1.165, 1.54) is 0 Å². The minimum Gasteiger partial charge on any atom is -0.487 e. The molecule has 2 aromatic heterocycles. The Kier molecular flexibility index (Phi) is 7.90. The van der Waals surface area contributed by atoms with Crippen molar-refractivity contribution in [3.63, 3.8) is 0 Å². The molecule has 0 atom stereocenters. The smallest absolute Gasteiger partial charge is 0.244 e. The zero-order valence-electron chi connectivity index (χ0n) is 16.0. The fourth-order valence-electron chi connectivity index (χ4n) is 3.54. The van der Waals surface area contributed by atoms with Gasteiger partial charge in [0, 0.05) is 24.1 Å². The van der Waals surface area contributed by atoms with Crippen LogP contribution in [0.25, 0.3) is 5.65 Å². The molecule has 4 rings (SSSR count). The van der Waals surface area contributed by atoms with Crippen LogP contribution in [0.2, 0.25) is 0 Å². The van der Waals surface area contributed by atoms with E-state index in [9.17, 15) is 4.79 Å². The number of aromatic nitrogens is 2. The lowest BCUT2D eigenvalue weighted by molar-refractivity contribution is -0.122. The molecule has 6 nitrogen and oxygen atoms in total. The van der Waals surface area contributed by atoms with Crippen LogP contribution < -0.4 is 15.8 Å². The summed E-state index contributed by atoms with van der Waals surface area (Å²) < 4.78 is 7.81. The number of fused-ring (bicyclic) bond motifs is 1. The van der Waals surface area contributed by atoms with Gasteiger partial charge in [0.1, 0.15) is 18.0 Å². The molecule has 0 radical (unpaired) electrons. The molecule has 1 aliphatic carbocycles. The predicted octanol–water partition coefficient (Wildman–Crippen LogP) is 4.36. The third-order valence-corrected chi connectivity index (χ3v) is 5.09. The molecule has 1 aliphatic rings. The monoisotopic (exact) mass is 436 g/mol. The normalized spacial score (nSPS) is 15.1. The number of nitrogens with zero attached hydrogens (tertiary/aromatic N) is 2. The predicted molar refractivity (Wildman–Crippen MR) is 119 cm³/mol. The van der Waals surface area contributed by atoms with Gasteiger partial charge in [-0.15, -0.1) is 24.8 Å². The Labute approximate surface area is 182 Å². The van der Waals surface area contributed by atoms with Crippen LogP contribution >= 0.6 is 24.8 Å². The number of imidazole rings is 1. The zero-order chi connectivity index (χ0) is 18.7. The van der Waals surface area contributed by atoms with Gasteiger partial charge >= 0.3 is 0 Å². The average molecular weight is 437 g/mol. The van der Waals surface area contributed by atoms with Gasteiger partial charge in [0.15, 0.2) is 0 Å². The molecule has 0 unspecified atom stereocenters. The fraction of sp³-hybridized carbons (Fsp3) is 0.333. The number of rotatable bonds is 5. The van der Waals surface area contributed by atoms with Crippen LogP contribution in [-0.4, -0.2) is 20.8 Å². The van der Waals surface area contributed by atoms with Crippen LogP contribution in [0, 0.1) is 0 Å². The van der Waals surface area contributed by atoms with Gasteiger partial charge in [-0.05, 0) is 37.1 Å². The Morgan fingerprint density at radius 1 is 1.14 bits per heavy atom. The number of benzene rings is 1. The number of amides is 1. The summed E-state index contributed by atoms with van der Waals surface area (Å²) in [7, 11) is 0. The molecule has 3 N–H and O–H groups in total. The van der Waals surface area contributed by atoms with Crippen LogP contribution in [0.3, 0.4) is 0 Å². The molecular weight excluding hydrogens is 411 g/mol. The van der Waals surface area contributed by atoms with E-state index in [4.69, 9.17) is 10.5 Å². The second kappa shape index (κ2) is 9.96. The summed E-state index contributed by atoms with van der Waals surface area (Å²) in [5.41, 5.74) is 7.98. The van der Waals surface area contributed by atoms with Gasteiger partial charge < -0.3 is 20.2 Å². The molecule has 156 valence electrons. The maximum atomic E-state index is 12.6. The van der Waals surface area contributed by atoms with Crippen LogP contribution in [0.15, 0.2) is 54.9 Å². The Bertz CT molecular complexity index is 922. The van der Waals surface area contributed by atoms with E-state index in [-0.39, 0.29) is 30.7 Å². The highest BCUT2D eigenvalue weighted by atomic mass is 35.5. The lowest BCUT2D eigenvalue weighted by Crippen LogP contribution is -2.52. The Morgan fingerprint density at radius 2 is 1.93 bits per heavy atom. The molecule has 8 heteroatoms. The number of nitrogens with one attached hydrogen (secondary N) is 1. The van der Waals surface area contributed by atoms with Crippen LogP contribution in [0.5, 0.6) is 5.75 Å². The minimum absolute atomic E-state index is 0. The quantitative estimate of drug-likeness (QED) is 0.622. The van der Waals surface area contributed by atoms with Crippen molar-refractivity contribution in [2.24, 2.45) is 5.73 Å². The first-order valence-corrected chi connectivity index (χ1v) is 9.38. The molecule has 1 fully saturated rings. The van der Waals surface area contributed by atoms with Gasteiger partial charge in [0.2, 0.25) is 5.91 Å². The zero-order valence-corrected chi connectivity index (χ0v) is 17.7. The molecule has 1 aromatic carbocycles. The summed E-state index contributed by atoms with van der Waals surface area (Å²) in [6.07, 6.45) is 8.54. The van der Waals surface area contributed by atoms with E-state index < -0.39 is 5.54 Å². The van der Waals surface area contributed by atoms with E-state index in [1.54, 1.807) is 0 Å². The van der Waals surface area contributed by atoms with Crippen LogP contribution in [-0.2, 0) is 11.4 Å². The highest BCUT2D eigenvalue weighted by Crippen LogP contribution is 2.28. The SMILES string of the molecule is Cl.Cl.NC1(C(=O)Nc2cccc(OCc3cn4ccccc4n3)c2)CCCCC1. The van der Waals surface area contributed by atoms with Gasteiger partial charge in [-0.25, -0.2) is 4.98 Å². The maximum Gasteiger partial charge on any atom is 0.244 e. The summed E-state index contributed by atoms with van der Waals surface area (Å²) in [6.45, 7) is 0.361. The number of hydrogen-bond donors (Lipinski definition) is 2. The Morgan fingerprint density at radius 3 is 2.69 bits per heavy atom. The summed E-state index contributed by atoms with van der Waals surface area (Å²) in [5, 5.41) is 2.95. The van der Waals surface area contributed by atoms with E-state index >= 15 is 0 Å². The maximum absolute atomic E-state index is 12.6. The fourth-order valence-corrected chi connectivity index (χ4v) is 3.54. The summed E-state index contributed by atoms with van der Waals surface area (Å²) in [4.78, 5) is 17.1. The first kappa shape index (κ1) is 23.0. The number of carbonyl (C=O) groups is 1. The summed E-state index contributed by atoms with van der Waals surface area (Å²) in [5.74, 6) is 0.569. The third kappa shape index (κ3) is 5.41. The first-order chi connectivity index (χ1) is 13.1. The molecule has 0 saturated heterocycles. The van der Waals surface area contributed by atoms with Gasteiger partial charge in [-0.2, -0.15) is 0 Å². The first-order valence-electron chi connectivity index (χ1n) is 9.38. The van der Waals surface area contributed by atoms with Crippen molar-refractivity contribution in [1.82, 2.24) is 9.38 Å². The standard InChI is InChI=1S/C21H24N4O2.2ClH/c22-21(10-3-1-4-11-21)20(26)24-16-7-6-8-18(13-16)27-15-17-14-25-12-5-2-9-19(25)23-17;;/h2,5-9,12-14H,1,3-4,10-11,15,22H2,(H,24,26);2*1H. The van der Waals surface area contributed by atoms with Crippen molar-refractivity contribution < 1.29 is 9.53 Å². The number of carbonyl (C=O) groups excluding carboxylic acids is 1. The van der Waals surface area contributed by atoms with Gasteiger partial charge in [0.25, 0.3) is 0 Å². The molecule has 1 amide bonds. The van der Waals surface area contributed by atoms with Crippen molar-refractivity contribution >= 4 is 42.1 Å². The highest BCUT2D eigenvalue weighted by Gasteiger charge is 2.35. The molecule has 2 heterocycles. The van der Waals surface area contributed by atoms with Gasteiger partial charge in [-0.3, -0.25) is 4.79 Å². The van der Waals surface area contributed by atoms with E-state index in [1.807, 2.05) is 59.3 Å². The van der Waals surface area contributed by atoms with Crippen LogP contribution in [0.4, 0.5) is 5.69 Å². The van der Waals surface area contributed by atoms with Gasteiger partial charge in [0.05, 0.1) is 11.2 Å². The largest absolute Gasteiger partial charge is 0.487 e. The molecule has 0 bridgehead atoms. The highest BCUT2D eigenvalue weighted by molar-refractivity contribution is 5.98. The molecule has 1 saturated carbocycles. The van der Waals surface area contributed by atoms with E-state index in [2.05, 4.69) is 10.3 Å². The lowest BCUT2D eigenvalue weighted by atomic mass is 9.82. The molecule has 0 aliphatic heterocycles. The number of pyridine rings is 1. The van der Waals surface area contributed by atoms with Crippen LogP contribution in [0.1, 0.15) is 37.8 Å². The number of anilines is 1. The van der Waals surface area contributed by atoms with Crippen molar-refractivity contribution in [2.75, 3.05) is 5.32 Å². The third-order valence-electron chi connectivity index (χ3n) is 5.09. The summed E-state index contributed by atoms with van der Waals surface area (Å²) >= 11 is 0. The second-order valence-corrected chi connectivity index (χ2v) is 7.19. The van der Waals surface area contributed by atoms with Crippen molar-refractivity contribution in [2.45, 2.75) is 44.2 Å². The lowest BCUT2D eigenvalue weighted by Gasteiger charge is -2.31. The van der Waals surface area contributed by atoms with Crippen molar-refractivity contribution in [3.8, 4) is 5.75 Å². The van der Waals surface area contributed by atoms with Crippen molar-refractivity contribution in [1.29, 1.82) is 0 Å². The average Bonchev–Trinajstić information content (AvgIpc) is 3.10. The molecular formula is C21H26Cl2N4O2. The topological polar surface area (TPSA) is 81.7 Å². The molecule has 29 heavy (non-hydrogen) atoms. The minimum atomic E-state index is -0.758. The molecule has 3 aromatic rings. The second-order valence-electron chi connectivity index (χ2n) is 7.19. The number of nitrogens with two attached hydrogens (primary N) is 1. The van der Waals surface area contributed by atoms with Crippen molar-refractivity contribution in [3.05, 3.63) is 60.6 Å². The number of ether oxygens (including phenoxy) is 1. The number of hydrogen-bond acceptors (Lipinski definition) is 4. The van der Waals surface area contributed by atoms with E-state index in [0.29, 0.717) is 18.0 Å². The Hall–Kier alpha value is -2.28. The van der Waals surface area contributed by atoms with E-state index in [0.717, 1.165) is 43.4 Å². The number of halogens is 2. The Balaban J connectivity index is 0.00000150. The van der Waals surface area contributed by atoms with Gasteiger partial charge in [-0.1, -0.05) is 31.4 Å².